The number of carbonyl (C=O) groups excluding carboxylic acids is 1. The van der Waals surface area contributed by atoms with Crippen LogP contribution in [0.5, 0.6) is 0 Å². The highest BCUT2D eigenvalue weighted by Crippen LogP contribution is 2.23. The van der Waals surface area contributed by atoms with Crippen LogP contribution in [0.1, 0.15) is 19.3 Å². The number of carbonyl (C=O) groups is 1. The normalized spacial score (nSPS) is 19.2. The molecule has 3 nitrogen and oxygen atoms in total. The predicted molar refractivity (Wildman–Crippen MR) is 95.5 cm³/mol. The monoisotopic (exact) mass is 314 g/mol. The van der Waals surface area contributed by atoms with Gasteiger partial charge in [-0.2, -0.15) is 11.8 Å². The van der Waals surface area contributed by atoms with Gasteiger partial charge < -0.3 is 10.6 Å². The zero-order valence-corrected chi connectivity index (χ0v) is 13.7. The van der Waals surface area contributed by atoms with Gasteiger partial charge in [-0.3, -0.25) is 4.79 Å². The molecule has 2 unspecified atom stereocenters. The zero-order valence-electron chi connectivity index (χ0n) is 12.8. The van der Waals surface area contributed by atoms with Gasteiger partial charge >= 0.3 is 0 Å². The van der Waals surface area contributed by atoms with Gasteiger partial charge in [-0.25, -0.2) is 0 Å². The lowest BCUT2D eigenvalue weighted by atomic mass is 10.1. The molecule has 1 fully saturated rings. The first-order valence-corrected chi connectivity index (χ1v) is 9.10. The van der Waals surface area contributed by atoms with Gasteiger partial charge in [-0.05, 0) is 48.5 Å². The van der Waals surface area contributed by atoms with Crippen LogP contribution >= 0.6 is 11.8 Å². The second-order valence-electron chi connectivity index (χ2n) is 5.79. The second-order valence-corrected chi connectivity index (χ2v) is 6.87. The summed E-state index contributed by atoms with van der Waals surface area (Å²) in [5, 5.41) is 9.24. The number of benzene rings is 2. The van der Waals surface area contributed by atoms with Gasteiger partial charge in [-0.15, -0.1) is 0 Å². The molecule has 1 saturated heterocycles. The number of thioether (sulfide) groups is 1. The third-order valence-electron chi connectivity index (χ3n) is 4.27. The number of nitrogens with one attached hydrogen (secondary N) is 2. The van der Waals surface area contributed by atoms with E-state index in [0.29, 0.717) is 17.7 Å². The highest BCUT2D eigenvalue weighted by atomic mass is 32.2. The largest absolute Gasteiger partial charge is 0.326 e. The van der Waals surface area contributed by atoms with Crippen molar-refractivity contribution in [3.05, 3.63) is 42.5 Å². The Morgan fingerprint density at radius 1 is 1.32 bits per heavy atom. The van der Waals surface area contributed by atoms with Crippen LogP contribution in [-0.2, 0) is 4.79 Å². The molecule has 0 bridgehead atoms. The van der Waals surface area contributed by atoms with Crippen molar-refractivity contribution < 1.29 is 4.79 Å². The molecule has 1 aliphatic heterocycles. The van der Waals surface area contributed by atoms with Gasteiger partial charge in [0.2, 0.25) is 5.91 Å². The van der Waals surface area contributed by atoms with E-state index in [1.165, 1.54) is 18.2 Å². The molecule has 1 aliphatic rings. The summed E-state index contributed by atoms with van der Waals surface area (Å²) in [5.41, 5.74) is 0.878. The SMILES string of the molecule is CSC(CC(=O)Nc1ccc2ccccc2c1)C1CCCN1. The first-order chi connectivity index (χ1) is 10.8. The molecule has 2 aromatic rings. The zero-order chi connectivity index (χ0) is 15.4. The Morgan fingerprint density at radius 3 is 2.86 bits per heavy atom. The standard InChI is InChI=1S/C18H22N2OS/c1-22-17(16-7-4-10-19-16)12-18(21)20-15-9-8-13-5-2-3-6-14(13)11-15/h2-3,5-6,8-9,11,16-17,19H,4,7,10,12H2,1H3,(H,20,21). The van der Waals surface area contributed by atoms with Gasteiger partial charge in [-0.1, -0.05) is 30.3 Å². The van der Waals surface area contributed by atoms with Crippen molar-refractivity contribution in [3.8, 4) is 0 Å². The Hall–Kier alpha value is -1.52. The summed E-state index contributed by atoms with van der Waals surface area (Å²) in [6.45, 7) is 1.08. The van der Waals surface area contributed by atoms with Crippen LogP contribution in [0.3, 0.4) is 0 Å². The number of hydrogen-bond donors (Lipinski definition) is 2. The van der Waals surface area contributed by atoms with Crippen LogP contribution in [0.15, 0.2) is 42.5 Å². The number of fused-ring (bicyclic) bond motifs is 1. The fourth-order valence-corrected chi connectivity index (χ4v) is 3.96. The molecule has 1 amide bonds. The van der Waals surface area contributed by atoms with Crippen molar-refractivity contribution in [2.45, 2.75) is 30.6 Å². The molecule has 2 aromatic carbocycles. The third-order valence-corrected chi connectivity index (χ3v) is 5.37. The van der Waals surface area contributed by atoms with E-state index in [1.807, 2.05) is 24.3 Å². The Labute approximate surface area is 135 Å². The smallest absolute Gasteiger partial charge is 0.225 e. The van der Waals surface area contributed by atoms with Crippen molar-refractivity contribution in [2.24, 2.45) is 0 Å². The van der Waals surface area contributed by atoms with Crippen molar-refractivity contribution >= 4 is 34.1 Å². The minimum absolute atomic E-state index is 0.100. The van der Waals surface area contributed by atoms with Crippen LogP contribution in [0.2, 0.25) is 0 Å². The minimum Gasteiger partial charge on any atom is -0.326 e. The molecule has 0 aromatic heterocycles. The van der Waals surface area contributed by atoms with Crippen molar-refractivity contribution in [1.29, 1.82) is 0 Å². The molecule has 1 heterocycles. The molecule has 4 heteroatoms. The second kappa shape index (κ2) is 7.16. The summed E-state index contributed by atoms with van der Waals surface area (Å²) < 4.78 is 0. The predicted octanol–water partition coefficient (Wildman–Crippen LogP) is 3.65. The highest BCUT2D eigenvalue weighted by molar-refractivity contribution is 7.99. The van der Waals surface area contributed by atoms with E-state index in [2.05, 4.69) is 35.1 Å². The maximum absolute atomic E-state index is 12.3. The van der Waals surface area contributed by atoms with Crippen LogP contribution in [0.25, 0.3) is 10.8 Å². The van der Waals surface area contributed by atoms with Crippen LogP contribution < -0.4 is 10.6 Å². The van der Waals surface area contributed by atoms with E-state index in [1.54, 1.807) is 11.8 Å². The fraction of sp³-hybridized carbons (Fsp3) is 0.389. The van der Waals surface area contributed by atoms with Gasteiger partial charge in [0.05, 0.1) is 0 Å². The Kier molecular flexibility index (Phi) is 5.01. The van der Waals surface area contributed by atoms with Gasteiger partial charge in [0, 0.05) is 23.4 Å². The number of hydrogen-bond acceptors (Lipinski definition) is 3. The van der Waals surface area contributed by atoms with E-state index in [0.717, 1.165) is 17.6 Å². The molecule has 22 heavy (non-hydrogen) atoms. The molecule has 0 aliphatic carbocycles. The summed E-state index contributed by atoms with van der Waals surface area (Å²) in [4.78, 5) is 12.3. The Balaban J connectivity index is 1.64. The average molecular weight is 314 g/mol. The summed E-state index contributed by atoms with van der Waals surface area (Å²) in [6, 6.07) is 14.7. The number of amides is 1. The molecule has 3 rings (SSSR count). The lowest BCUT2D eigenvalue weighted by Gasteiger charge is -2.21. The Morgan fingerprint density at radius 2 is 2.14 bits per heavy atom. The summed E-state index contributed by atoms with van der Waals surface area (Å²) in [6.07, 6.45) is 5.04. The van der Waals surface area contributed by atoms with Crippen LogP contribution in [0.4, 0.5) is 5.69 Å². The first-order valence-electron chi connectivity index (χ1n) is 7.81. The highest BCUT2D eigenvalue weighted by Gasteiger charge is 2.25. The number of rotatable bonds is 5. The molecule has 0 radical (unpaired) electrons. The third kappa shape index (κ3) is 3.62. The van der Waals surface area contributed by atoms with Crippen LogP contribution in [0, 0.1) is 0 Å². The molecule has 0 saturated carbocycles. The van der Waals surface area contributed by atoms with Crippen molar-refractivity contribution in [1.82, 2.24) is 5.32 Å². The van der Waals surface area contributed by atoms with E-state index >= 15 is 0 Å². The molecule has 0 spiro atoms. The molecular formula is C18H22N2OS. The molecule has 2 atom stereocenters. The summed E-state index contributed by atoms with van der Waals surface area (Å²) in [7, 11) is 0. The lowest BCUT2D eigenvalue weighted by Crippen LogP contribution is -2.35. The van der Waals surface area contributed by atoms with Crippen molar-refractivity contribution in [2.75, 3.05) is 18.1 Å². The fourth-order valence-electron chi connectivity index (χ4n) is 3.08. The topological polar surface area (TPSA) is 41.1 Å². The molecular weight excluding hydrogens is 292 g/mol. The average Bonchev–Trinajstić information content (AvgIpc) is 3.07. The Bertz CT molecular complexity index is 652. The lowest BCUT2D eigenvalue weighted by molar-refractivity contribution is -0.116. The quantitative estimate of drug-likeness (QED) is 0.885. The van der Waals surface area contributed by atoms with E-state index in [-0.39, 0.29) is 5.91 Å². The maximum atomic E-state index is 12.3. The van der Waals surface area contributed by atoms with Crippen LogP contribution in [-0.4, -0.2) is 30.0 Å². The van der Waals surface area contributed by atoms with Gasteiger partial charge in [0.25, 0.3) is 0 Å². The number of anilines is 1. The first kappa shape index (κ1) is 15.4. The van der Waals surface area contributed by atoms with E-state index < -0.39 is 0 Å². The van der Waals surface area contributed by atoms with Crippen molar-refractivity contribution in [3.63, 3.8) is 0 Å². The maximum Gasteiger partial charge on any atom is 0.225 e. The van der Waals surface area contributed by atoms with Gasteiger partial charge in [0.1, 0.15) is 0 Å². The van der Waals surface area contributed by atoms with Gasteiger partial charge in [0.15, 0.2) is 0 Å². The molecule has 2 N–H and O–H groups in total. The van der Waals surface area contributed by atoms with E-state index in [4.69, 9.17) is 0 Å². The molecule has 116 valence electrons. The van der Waals surface area contributed by atoms with E-state index in [9.17, 15) is 4.79 Å². The summed E-state index contributed by atoms with van der Waals surface area (Å²) in [5.74, 6) is 0.100. The summed E-state index contributed by atoms with van der Waals surface area (Å²) >= 11 is 1.79. The minimum atomic E-state index is 0.100.